The number of carbonyl (C=O) groups is 3. The molecule has 0 aromatic rings. The Labute approximate surface area is 114 Å². The lowest BCUT2D eigenvalue weighted by Gasteiger charge is -2.22. The molecule has 0 fully saturated rings. The largest absolute Gasteiger partial charge is 0.392 e. The van der Waals surface area contributed by atoms with Gasteiger partial charge in [-0.2, -0.15) is 0 Å². The molecule has 2 atom stereocenters. The molecule has 0 aliphatic rings. The normalized spacial score (nSPS) is 14.1. The predicted molar refractivity (Wildman–Crippen MR) is 71.0 cm³/mol. The van der Waals surface area contributed by atoms with Crippen LogP contribution in [0.5, 0.6) is 0 Å². The molecule has 0 spiro atoms. The maximum Gasteiger partial charge on any atom is 0.336 e. The van der Waals surface area contributed by atoms with Gasteiger partial charge in [0.1, 0.15) is 6.04 Å². The summed E-state index contributed by atoms with van der Waals surface area (Å²) in [5, 5.41) is 2.54. The van der Waals surface area contributed by atoms with Gasteiger partial charge in [0.15, 0.2) is 0 Å². The van der Waals surface area contributed by atoms with Crippen molar-refractivity contribution < 1.29 is 19.1 Å². The van der Waals surface area contributed by atoms with E-state index in [0.29, 0.717) is 6.42 Å². The van der Waals surface area contributed by atoms with Crippen LogP contribution in [0.15, 0.2) is 0 Å². The van der Waals surface area contributed by atoms with E-state index in [1.807, 2.05) is 13.8 Å². The first-order chi connectivity index (χ1) is 8.65. The van der Waals surface area contributed by atoms with Crippen molar-refractivity contribution in [3.8, 4) is 0 Å². The zero-order valence-electron chi connectivity index (χ0n) is 12.2. The molecule has 6 heteroatoms. The number of nitrogens with one attached hydrogen (secondary N) is 1. The van der Waals surface area contributed by atoms with E-state index in [2.05, 4.69) is 10.1 Å². The van der Waals surface area contributed by atoms with Crippen molar-refractivity contribution in [1.29, 1.82) is 0 Å². The van der Waals surface area contributed by atoms with Crippen LogP contribution in [0.25, 0.3) is 0 Å². The Hall–Kier alpha value is -1.43. The van der Waals surface area contributed by atoms with Crippen molar-refractivity contribution in [2.24, 2.45) is 17.6 Å². The zero-order valence-corrected chi connectivity index (χ0v) is 12.2. The van der Waals surface area contributed by atoms with Crippen molar-refractivity contribution >= 4 is 17.8 Å². The fraction of sp³-hybridized carbons (Fsp3) is 0.769. The van der Waals surface area contributed by atoms with Crippen molar-refractivity contribution in [1.82, 2.24) is 5.32 Å². The van der Waals surface area contributed by atoms with Gasteiger partial charge in [-0.05, 0) is 18.3 Å². The standard InChI is InChI=1S/C13H24N2O4/c1-7(2)6-10(14)12(17)15-11(8(3)4)13(18)19-9(5)16/h7-8,10-11H,6,14H2,1-5H3,(H,15,17). The molecule has 0 bridgehead atoms. The summed E-state index contributed by atoms with van der Waals surface area (Å²) in [7, 11) is 0. The minimum Gasteiger partial charge on any atom is -0.392 e. The third kappa shape index (κ3) is 6.91. The number of rotatable bonds is 6. The first-order valence-electron chi connectivity index (χ1n) is 6.43. The maximum absolute atomic E-state index is 11.9. The van der Waals surface area contributed by atoms with E-state index >= 15 is 0 Å². The molecule has 2 unspecified atom stereocenters. The van der Waals surface area contributed by atoms with Crippen LogP contribution in [0, 0.1) is 11.8 Å². The molecule has 1 amide bonds. The summed E-state index contributed by atoms with van der Waals surface area (Å²) in [4.78, 5) is 34.3. The van der Waals surface area contributed by atoms with E-state index in [1.165, 1.54) is 0 Å². The molecule has 0 saturated heterocycles. The number of amides is 1. The minimum atomic E-state index is -0.866. The van der Waals surface area contributed by atoms with Crippen LogP contribution < -0.4 is 11.1 Å². The van der Waals surface area contributed by atoms with Gasteiger partial charge in [0, 0.05) is 6.92 Å². The summed E-state index contributed by atoms with van der Waals surface area (Å²) in [6, 6.07) is -1.54. The van der Waals surface area contributed by atoms with E-state index in [4.69, 9.17) is 5.73 Å². The second-order valence-electron chi connectivity index (χ2n) is 5.38. The summed E-state index contributed by atoms with van der Waals surface area (Å²) < 4.78 is 4.50. The highest BCUT2D eigenvalue weighted by atomic mass is 16.6. The van der Waals surface area contributed by atoms with E-state index in [0.717, 1.165) is 6.92 Å². The van der Waals surface area contributed by atoms with Crippen molar-refractivity contribution in [2.75, 3.05) is 0 Å². The van der Waals surface area contributed by atoms with Crippen molar-refractivity contribution in [3.05, 3.63) is 0 Å². The quantitative estimate of drug-likeness (QED) is 0.544. The van der Waals surface area contributed by atoms with Gasteiger partial charge in [-0.25, -0.2) is 4.79 Å². The molecule has 3 N–H and O–H groups in total. The highest BCUT2D eigenvalue weighted by Gasteiger charge is 2.28. The van der Waals surface area contributed by atoms with Gasteiger partial charge in [0.05, 0.1) is 6.04 Å². The molecular formula is C13H24N2O4. The van der Waals surface area contributed by atoms with Gasteiger partial charge in [-0.1, -0.05) is 27.7 Å². The van der Waals surface area contributed by atoms with Gasteiger partial charge in [0.2, 0.25) is 5.91 Å². The first kappa shape index (κ1) is 17.6. The van der Waals surface area contributed by atoms with Crippen molar-refractivity contribution in [2.45, 2.75) is 53.1 Å². The van der Waals surface area contributed by atoms with Crippen LogP contribution in [0.4, 0.5) is 0 Å². The van der Waals surface area contributed by atoms with E-state index in [1.54, 1.807) is 13.8 Å². The van der Waals surface area contributed by atoms with Gasteiger partial charge >= 0.3 is 11.9 Å². The number of nitrogens with two attached hydrogens (primary N) is 1. The van der Waals surface area contributed by atoms with Crippen LogP contribution in [-0.4, -0.2) is 29.9 Å². The van der Waals surface area contributed by atoms with E-state index in [9.17, 15) is 14.4 Å². The number of esters is 2. The second kappa shape index (κ2) is 7.89. The van der Waals surface area contributed by atoms with Crippen LogP contribution in [0.3, 0.4) is 0 Å². The Balaban J connectivity index is 4.62. The average Bonchev–Trinajstić information content (AvgIpc) is 2.22. The molecule has 19 heavy (non-hydrogen) atoms. The van der Waals surface area contributed by atoms with Gasteiger partial charge in [-0.15, -0.1) is 0 Å². The molecule has 0 aromatic carbocycles. The van der Waals surface area contributed by atoms with Gasteiger partial charge < -0.3 is 15.8 Å². The Morgan fingerprint density at radius 3 is 2.05 bits per heavy atom. The second-order valence-corrected chi connectivity index (χ2v) is 5.38. The molecular weight excluding hydrogens is 248 g/mol. The Bertz CT molecular complexity index is 340. The number of hydrogen-bond donors (Lipinski definition) is 2. The average molecular weight is 272 g/mol. The third-order valence-corrected chi connectivity index (χ3v) is 2.52. The highest BCUT2D eigenvalue weighted by molar-refractivity contribution is 5.91. The number of ether oxygens (including phenoxy) is 1. The molecule has 0 radical (unpaired) electrons. The first-order valence-corrected chi connectivity index (χ1v) is 6.43. The van der Waals surface area contributed by atoms with Crippen LogP contribution >= 0.6 is 0 Å². The van der Waals surface area contributed by atoms with Crippen LogP contribution in [-0.2, 0) is 19.1 Å². The summed E-state index contributed by atoms with van der Waals surface area (Å²) in [5.41, 5.74) is 5.74. The summed E-state index contributed by atoms with van der Waals surface area (Å²) in [5.74, 6) is -1.78. The van der Waals surface area contributed by atoms with Crippen LogP contribution in [0.2, 0.25) is 0 Å². The SMILES string of the molecule is CC(=O)OC(=O)C(NC(=O)C(N)CC(C)C)C(C)C. The molecule has 110 valence electrons. The molecule has 0 heterocycles. The molecule has 0 aliphatic heterocycles. The Morgan fingerprint density at radius 2 is 1.68 bits per heavy atom. The maximum atomic E-state index is 11.9. The van der Waals surface area contributed by atoms with E-state index < -0.39 is 29.9 Å². The van der Waals surface area contributed by atoms with Gasteiger partial charge in [-0.3, -0.25) is 9.59 Å². The van der Waals surface area contributed by atoms with Crippen molar-refractivity contribution in [3.63, 3.8) is 0 Å². The lowest BCUT2D eigenvalue weighted by Crippen LogP contribution is -2.51. The lowest BCUT2D eigenvalue weighted by atomic mass is 10.0. The fourth-order valence-corrected chi connectivity index (χ4v) is 1.58. The summed E-state index contributed by atoms with van der Waals surface area (Å²) >= 11 is 0. The summed E-state index contributed by atoms with van der Waals surface area (Å²) in [6.07, 6.45) is 0.526. The highest BCUT2D eigenvalue weighted by Crippen LogP contribution is 2.07. The smallest absolute Gasteiger partial charge is 0.336 e. The molecule has 0 rings (SSSR count). The lowest BCUT2D eigenvalue weighted by molar-refractivity contribution is -0.161. The monoisotopic (exact) mass is 272 g/mol. The minimum absolute atomic E-state index is 0.193. The topological polar surface area (TPSA) is 98.5 Å². The number of hydrogen-bond acceptors (Lipinski definition) is 5. The number of carbonyl (C=O) groups excluding carboxylic acids is 3. The molecule has 0 aliphatic carbocycles. The zero-order chi connectivity index (χ0) is 15.2. The fourth-order valence-electron chi connectivity index (χ4n) is 1.58. The summed E-state index contributed by atoms with van der Waals surface area (Å²) in [6.45, 7) is 8.55. The molecule has 0 saturated carbocycles. The predicted octanol–water partition coefficient (Wildman–Crippen LogP) is 0.590. The van der Waals surface area contributed by atoms with E-state index in [-0.39, 0.29) is 11.8 Å². The molecule has 0 aromatic heterocycles. The van der Waals surface area contributed by atoms with Crippen LogP contribution in [0.1, 0.15) is 41.0 Å². The van der Waals surface area contributed by atoms with Gasteiger partial charge in [0.25, 0.3) is 0 Å². The molecule has 6 nitrogen and oxygen atoms in total. The third-order valence-electron chi connectivity index (χ3n) is 2.52. The Morgan fingerprint density at radius 1 is 1.16 bits per heavy atom. The Kier molecular flexibility index (Phi) is 7.29.